The van der Waals surface area contributed by atoms with Crippen LogP contribution in [0.2, 0.25) is 5.02 Å². The van der Waals surface area contributed by atoms with Gasteiger partial charge in [-0.1, -0.05) is 41.5 Å². The van der Waals surface area contributed by atoms with Crippen molar-refractivity contribution in [1.29, 1.82) is 0 Å². The highest BCUT2D eigenvalue weighted by Crippen LogP contribution is 2.61. The summed E-state index contributed by atoms with van der Waals surface area (Å²) in [5.41, 5.74) is -0.554. The van der Waals surface area contributed by atoms with Crippen molar-refractivity contribution < 1.29 is 38.9 Å². The Morgan fingerprint density at radius 2 is 1.67 bits per heavy atom. The summed E-state index contributed by atoms with van der Waals surface area (Å²) in [4.78, 5) is 86.2. The number of nitro benzene ring substituents is 2. The van der Waals surface area contributed by atoms with Gasteiger partial charge in [-0.3, -0.25) is 44.1 Å². The highest BCUT2D eigenvalue weighted by molar-refractivity contribution is 7.22. The molecule has 4 amide bonds. The zero-order chi connectivity index (χ0) is 45.8. The summed E-state index contributed by atoms with van der Waals surface area (Å²) in [6.45, 7) is 3.70. The zero-order valence-corrected chi connectivity index (χ0v) is 36.8. The average Bonchev–Trinajstić information content (AvgIpc) is 3.93. The minimum atomic E-state index is -1.40. The van der Waals surface area contributed by atoms with E-state index < -0.39 is 79.9 Å². The number of phenols is 1. The molecule has 2 aromatic heterocycles. The van der Waals surface area contributed by atoms with E-state index in [1.54, 1.807) is 44.3 Å². The number of carbonyl (C=O) groups is 4. The fourth-order valence-corrected chi connectivity index (χ4v) is 11.7. The summed E-state index contributed by atoms with van der Waals surface area (Å²) in [5.74, 6) is -6.55. The van der Waals surface area contributed by atoms with Crippen LogP contribution in [-0.2, 0) is 26.2 Å². The molecule has 6 unspecified atom stereocenters. The minimum Gasteiger partial charge on any atom is -0.504 e. The maximum Gasteiger partial charge on any atom is 0.301 e. The van der Waals surface area contributed by atoms with Crippen molar-refractivity contribution >= 4 is 91.3 Å². The minimum absolute atomic E-state index is 0.00948. The van der Waals surface area contributed by atoms with Crippen molar-refractivity contribution in [3.05, 3.63) is 109 Å². The molecule has 2 saturated heterocycles. The molecule has 64 heavy (non-hydrogen) atoms. The van der Waals surface area contributed by atoms with Crippen LogP contribution in [0.5, 0.6) is 11.5 Å². The highest BCUT2D eigenvalue weighted by atomic mass is 35.5. The summed E-state index contributed by atoms with van der Waals surface area (Å²) in [7, 11) is 5.89. The third-order valence-corrected chi connectivity index (χ3v) is 14.9. The van der Waals surface area contributed by atoms with Gasteiger partial charge in [-0.05, 0) is 79.5 Å². The lowest BCUT2D eigenvalue weighted by Crippen LogP contribution is -2.49. The zero-order valence-electron chi connectivity index (χ0n) is 35.3. The Balaban J connectivity index is 1.14. The SMILES string of the molecule is COc1cc(C=CC2C3=CCC4C(=O)N(c5cc([N+](=O)[O-])c(N(C)C)c([N+](=O)[O-])c5)C(=O)C4C3CC3C(=O)N(c4cc(-c5sc6ccc(Cl)cc6c5C)nn4C)C(=O)C23C)ccc1O. The molecule has 1 N–H and O–H groups in total. The monoisotopic (exact) mass is 905 g/mol. The molecule has 9 rings (SSSR count). The smallest absolute Gasteiger partial charge is 0.301 e. The second-order valence-electron chi connectivity index (χ2n) is 17.0. The lowest BCUT2D eigenvalue weighted by molar-refractivity contribution is -0.392. The van der Waals surface area contributed by atoms with E-state index >= 15 is 4.79 Å². The summed E-state index contributed by atoms with van der Waals surface area (Å²) in [5, 5.41) is 41.1. The van der Waals surface area contributed by atoms with Crippen molar-refractivity contribution in [1.82, 2.24) is 9.78 Å². The number of aromatic nitrogens is 2. The molecule has 3 aromatic carbocycles. The van der Waals surface area contributed by atoms with Crippen LogP contribution in [0.1, 0.15) is 30.9 Å². The van der Waals surface area contributed by atoms with Gasteiger partial charge >= 0.3 is 11.4 Å². The number of rotatable bonds is 9. The van der Waals surface area contributed by atoms with E-state index in [-0.39, 0.29) is 41.5 Å². The molecule has 5 aromatic rings. The number of phenolic OH excluding ortho intramolecular Hbond substituents is 1. The number of aromatic hydroxyl groups is 1. The number of hydrogen-bond donors (Lipinski definition) is 1. The normalized spacial score (nSPS) is 24.0. The molecule has 2 aliphatic heterocycles. The number of fused-ring (bicyclic) bond motifs is 5. The largest absolute Gasteiger partial charge is 0.504 e. The molecule has 17 nitrogen and oxygen atoms in total. The molecule has 4 aliphatic rings. The molecule has 328 valence electrons. The van der Waals surface area contributed by atoms with E-state index in [2.05, 4.69) is 0 Å². The van der Waals surface area contributed by atoms with Crippen LogP contribution in [0.15, 0.2) is 72.3 Å². The van der Waals surface area contributed by atoms with E-state index in [0.29, 0.717) is 21.9 Å². The second kappa shape index (κ2) is 15.1. The van der Waals surface area contributed by atoms with Crippen LogP contribution in [0, 0.1) is 62.2 Å². The van der Waals surface area contributed by atoms with Crippen LogP contribution in [0.4, 0.5) is 28.6 Å². The van der Waals surface area contributed by atoms with Crippen molar-refractivity contribution in [2.24, 2.45) is 42.1 Å². The Bertz CT molecular complexity index is 2960. The van der Waals surface area contributed by atoms with E-state index in [0.717, 1.165) is 37.6 Å². The van der Waals surface area contributed by atoms with Crippen molar-refractivity contribution in [3.8, 4) is 22.1 Å². The summed E-state index contributed by atoms with van der Waals surface area (Å²) < 4.78 is 7.82. The second-order valence-corrected chi connectivity index (χ2v) is 18.4. The molecule has 4 heterocycles. The van der Waals surface area contributed by atoms with E-state index in [4.69, 9.17) is 21.4 Å². The lowest BCUT2D eigenvalue weighted by Gasteiger charge is -2.47. The van der Waals surface area contributed by atoms with Gasteiger partial charge in [0.1, 0.15) is 11.5 Å². The number of anilines is 3. The Morgan fingerprint density at radius 1 is 0.969 bits per heavy atom. The Kier molecular flexibility index (Phi) is 10.0. The van der Waals surface area contributed by atoms with Crippen molar-refractivity contribution in [3.63, 3.8) is 0 Å². The molecular formula is C45H40ClN7O10S. The van der Waals surface area contributed by atoms with Gasteiger partial charge < -0.3 is 14.7 Å². The van der Waals surface area contributed by atoms with Crippen LogP contribution >= 0.6 is 22.9 Å². The number of nitro groups is 2. The van der Waals surface area contributed by atoms with Crippen LogP contribution in [0.25, 0.3) is 26.7 Å². The van der Waals surface area contributed by atoms with E-state index in [1.165, 1.54) is 53.1 Å². The van der Waals surface area contributed by atoms with E-state index in [1.807, 2.05) is 31.2 Å². The maximum absolute atomic E-state index is 15.2. The Labute approximate surface area is 374 Å². The number of halogens is 1. The number of imide groups is 2. The molecule has 1 saturated carbocycles. The number of methoxy groups -OCH3 is 1. The first-order valence-corrected chi connectivity index (χ1v) is 21.4. The van der Waals surface area contributed by atoms with Crippen molar-refractivity contribution in [2.45, 2.75) is 26.7 Å². The van der Waals surface area contributed by atoms with Gasteiger partial charge in [-0.25, -0.2) is 9.80 Å². The fourth-order valence-electron chi connectivity index (χ4n) is 10.4. The number of hydrogen-bond acceptors (Lipinski definition) is 13. The number of aryl methyl sites for hydroxylation is 2. The van der Waals surface area contributed by atoms with Gasteiger partial charge in [0.15, 0.2) is 17.2 Å². The predicted octanol–water partition coefficient (Wildman–Crippen LogP) is 7.84. The molecule has 0 radical (unpaired) electrons. The molecule has 2 aliphatic carbocycles. The number of benzene rings is 3. The first kappa shape index (κ1) is 42.4. The average molecular weight is 906 g/mol. The molecule has 3 fully saturated rings. The number of carbonyl (C=O) groups excluding carboxylic acids is 4. The van der Waals surface area contributed by atoms with Crippen LogP contribution in [0.3, 0.4) is 0 Å². The van der Waals surface area contributed by atoms with Gasteiger partial charge in [-0.2, -0.15) is 5.10 Å². The summed E-state index contributed by atoms with van der Waals surface area (Å²) in [6.07, 6.45) is 5.47. The van der Waals surface area contributed by atoms with Gasteiger partial charge in [-0.15, -0.1) is 11.3 Å². The van der Waals surface area contributed by atoms with E-state index in [9.17, 15) is 39.7 Å². The summed E-state index contributed by atoms with van der Waals surface area (Å²) in [6, 6.07) is 14.1. The standard InChI is InChI=1S/C45H40ClN7O10S/c1-21-27-16-23(46)9-14-36(27)64-40(21)31-20-37(49(5)47-31)51-42(56)30-19-28-25(29(45(30,2)44(51)58)12-7-22-8-13-34(54)35(15-22)63-6)10-11-26-38(28)43(57)50(41(26)55)24-17-32(52(59)60)39(48(3)4)33(18-24)53(61)62/h7-10,12-18,20,26,28-30,38,54H,11,19H2,1-6H3. The number of nitrogens with zero attached hydrogens (tertiary/aromatic N) is 7. The van der Waals surface area contributed by atoms with Gasteiger partial charge in [0.2, 0.25) is 23.6 Å². The van der Waals surface area contributed by atoms with Gasteiger partial charge in [0.05, 0.1) is 50.7 Å². The number of amides is 4. The Morgan fingerprint density at radius 3 is 2.33 bits per heavy atom. The highest BCUT2D eigenvalue weighted by Gasteiger charge is 2.67. The quantitative estimate of drug-likeness (QED) is 0.0649. The molecule has 0 spiro atoms. The third-order valence-electron chi connectivity index (χ3n) is 13.4. The third kappa shape index (κ3) is 6.21. The summed E-state index contributed by atoms with van der Waals surface area (Å²) >= 11 is 7.83. The Hall–Kier alpha value is -6.92. The number of thiophene rings is 1. The predicted molar refractivity (Wildman–Crippen MR) is 239 cm³/mol. The van der Waals surface area contributed by atoms with Gasteiger partial charge in [0, 0.05) is 55.0 Å². The number of allylic oxidation sites excluding steroid dienone is 3. The lowest BCUT2D eigenvalue weighted by atomic mass is 9.52. The molecule has 6 atom stereocenters. The van der Waals surface area contributed by atoms with Gasteiger partial charge in [0.25, 0.3) is 0 Å². The molecule has 19 heteroatoms. The molecular weight excluding hydrogens is 866 g/mol. The molecule has 0 bridgehead atoms. The van der Waals surface area contributed by atoms with Crippen molar-refractivity contribution in [2.75, 3.05) is 35.9 Å². The van der Waals surface area contributed by atoms with Crippen LogP contribution in [-0.4, -0.2) is 69.6 Å². The first-order chi connectivity index (χ1) is 30.4. The topological polar surface area (TPSA) is 212 Å². The number of ether oxygens (including phenoxy) is 1. The fraction of sp³-hybridized carbons (Fsp3) is 0.311. The first-order valence-electron chi connectivity index (χ1n) is 20.3. The maximum atomic E-state index is 15.2. The van der Waals surface area contributed by atoms with Crippen LogP contribution < -0.4 is 19.4 Å².